The Morgan fingerprint density at radius 1 is 1.12 bits per heavy atom. The molecule has 1 atom stereocenters. The molecule has 1 aliphatic carbocycles. The summed E-state index contributed by atoms with van der Waals surface area (Å²) in [5.74, 6) is -2.49. The van der Waals surface area contributed by atoms with E-state index in [0.717, 1.165) is 11.1 Å². The predicted molar refractivity (Wildman–Crippen MR) is 109 cm³/mol. The number of nitrogens with zero attached hydrogens (tertiary/aromatic N) is 4. The van der Waals surface area contributed by atoms with E-state index in [1.54, 1.807) is 23.9 Å². The van der Waals surface area contributed by atoms with Gasteiger partial charge in [-0.25, -0.2) is 13.8 Å². The van der Waals surface area contributed by atoms with Crippen LogP contribution in [0.15, 0.2) is 18.2 Å². The first kappa shape index (κ1) is 20.7. The summed E-state index contributed by atoms with van der Waals surface area (Å²) in [7, 11) is 1.76. The lowest BCUT2D eigenvalue weighted by Gasteiger charge is -2.29. The highest BCUT2D eigenvalue weighted by molar-refractivity contribution is 6.05. The molecule has 2 aromatic rings. The standard InChI is InChI=1S/C22H23F2N5O3/c1-28-19(12-6-8-22(23,24)9-7-12)26-18(27-28)13-2-3-15-14(10-13)11-29(21(15)32)16-4-5-17(30)25-20(16)31/h2-3,10,12,16H,4-9,11H2,1H3,(H,25,30,31). The average Bonchev–Trinajstić information content (AvgIpc) is 3.28. The summed E-state index contributed by atoms with van der Waals surface area (Å²) in [5.41, 5.74) is 2.01. The van der Waals surface area contributed by atoms with Gasteiger partial charge in [0.15, 0.2) is 5.82 Å². The van der Waals surface area contributed by atoms with Crippen LogP contribution in [0.1, 0.15) is 66.2 Å². The molecule has 5 rings (SSSR count). The number of nitrogens with one attached hydrogen (secondary N) is 1. The number of rotatable bonds is 3. The van der Waals surface area contributed by atoms with Crippen molar-refractivity contribution in [1.29, 1.82) is 0 Å². The first-order valence-electron chi connectivity index (χ1n) is 10.8. The van der Waals surface area contributed by atoms with Gasteiger partial charge in [-0.3, -0.25) is 24.4 Å². The fourth-order valence-electron chi connectivity index (χ4n) is 4.89. The quantitative estimate of drug-likeness (QED) is 0.736. The number of amides is 3. The van der Waals surface area contributed by atoms with Crippen LogP contribution in [-0.4, -0.2) is 49.4 Å². The molecule has 0 bridgehead atoms. The molecule has 1 aromatic carbocycles. The van der Waals surface area contributed by atoms with Gasteiger partial charge in [-0.05, 0) is 37.0 Å². The minimum Gasteiger partial charge on any atom is -0.322 e. The molecule has 3 amide bonds. The summed E-state index contributed by atoms with van der Waals surface area (Å²) in [6.07, 6.45) is 0.976. The van der Waals surface area contributed by atoms with Crippen molar-refractivity contribution in [1.82, 2.24) is 25.0 Å². The van der Waals surface area contributed by atoms with Crippen LogP contribution < -0.4 is 5.32 Å². The number of aromatic nitrogens is 3. The molecule has 10 heteroatoms. The maximum Gasteiger partial charge on any atom is 0.255 e. The number of imide groups is 1. The van der Waals surface area contributed by atoms with Crippen LogP contribution in [0.4, 0.5) is 8.78 Å². The zero-order valence-corrected chi connectivity index (χ0v) is 17.6. The van der Waals surface area contributed by atoms with Gasteiger partial charge >= 0.3 is 0 Å². The van der Waals surface area contributed by atoms with E-state index in [1.807, 2.05) is 6.07 Å². The van der Waals surface area contributed by atoms with Crippen LogP contribution in [0.2, 0.25) is 0 Å². The number of fused-ring (bicyclic) bond motifs is 1. The van der Waals surface area contributed by atoms with Gasteiger partial charge in [0, 0.05) is 49.9 Å². The minimum absolute atomic E-state index is 0.0557. The highest BCUT2D eigenvalue weighted by Crippen LogP contribution is 2.40. The Kier molecular flexibility index (Phi) is 4.83. The lowest BCUT2D eigenvalue weighted by atomic mass is 9.86. The Bertz CT molecular complexity index is 1120. The Labute approximate surface area is 183 Å². The molecule has 2 fully saturated rings. The Hall–Kier alpha value is -3.17. The van der Waals surface area contributed by atoms with Crippen molar-refractivity contribution in [2.45, 2.75) is 63.0 Å². The van der Waals surface area contributed by atoms with E-state index in [9.17, 15) is 23.2 Å². The maximum absolute atomic E-state index is 13.5. The Morgan fingerprint density at radius 3 is 2.59 bits per heavy atom. The van der Waals surface area contributed by atoms with E-state index >= 15 is 0 Å². The van der Waals surface area contributed by atoms with Crippen molar-refractivity contribution in [3.05, 3.63) is 35.2 Å². The minimum atomic E-state index is -2.60. The Balaban J connectivity index is 1.37. The van der Waals surface area contributed by atoms with Gasteiger partial charge in [0.1, 0.15) is 11.9 Å². The lowest BCUT2D eigenvalue weighted by Crippen LogP contribution is -2.52. The predicted octanol–water partition coefficient (Wildman–Crippen LogP) is 2.54. The third-order valence-electron chi connectivity index (χ3n) is 6.66. The second-order valence-electron chi connectivity index (χ2n) is 8.82. The number of hydrogen-bond acceptors (Lipinski definition) is 5. The van der Waals surface area contributed by atoms with E-state index in [4.69, 9.17) is 0 Å². The number of aryl methyl sites for hydroxylation is 1. The SMILES string of the molecule is Cn1nc(-c2ccc3c(c2)CN(C2CCC(=O)NC2=O)C3=O)nc1C1CCC(F)(F)CC1. The first-order chi connectivity index (χ1) is 15.2. The van der Waals surface area contributed by atoms with Gasteiger partial charge in [0.05, 0.1) is 0 Å². The molecule has 1 saturated carbocycles. The highest BCUT2D eigenvalue weighted by atomic mass is 19.3. The van der Waals surface area contributed by atoms with Gasteiger partial charge < -0.3 is 4.90 Å². The topological polar surface area (TPSA) is 97.2 Å². The monoisotopic (exact) mass is 443 g/mol. The largest absolute Gasteiger partial charge is 0.322 e. The molecule has 1 N–H and O–H groups in total. The normalized spacial score (nSPS) is 23.4. The summed E-state index contributed by atoms with van der Waals surface area (Å²) >= 11 is 0. The third kappa shape index (κ3) is 3.57. The van der Waals surface area contributed by atoms with Crippen LogP contribution in [-0.2, 0) is 23.2 Å². The van der Waals surface area contributed by atoms with Crippen LogP contribution in [0, 0.1) is 0 Å². The zero-order valence-electron chi connectivity index (χ0n) is 17.6. The average molecular weight is 443 g/mol. The van der Waals surface area contributed by atoms with Crippen molar-refractivity contribution in [3.63, 3.8) is 0 Å². The second kappa shape index (κ2) is 7.46. The third-order valence-corrected chi connectivity index (χ3v) is 6.66. The molecule has 3 aliphatic rings. The molecule has 3 heterocycles. The van der Waals surface area contributed by atoms with Crippen molar-refractivity contribution in [2.24, 2.45) is 7.05 Å². The van der Waals surface area contributed by atoms with Gasteiger partial charge in [-0.1, -0.05) is 6.07 Å². The van der Waals surface area contributed by atoms with Crippen LogP contribution in [0.25, 0.3) is 11.4 Å². The number of alkyl halides is 2. The molecule has 1 saturated heterocycles. The summed E-state index contributed by atoms with van der Waals surface area (Å²) in [5, 5.41) is 6.78. The van der Waals surface area contributed by atoms with E-state index in [2.05, 4.69) is 15.4 Å². The van der Waals surface area contributed by atoms with Crippen molar-refractivity contribution < 1.29 is 23.2 Å². The zero-order chi connectivity index (χ0) is 22.6. The molecule has 1 unspecified atom stereocenters. The molecule has 2 aliphatic heterocycles. The van der Waals surface area contributed by atoms with E-state index < -0.39 is 17.9 Å². The fraction of sp³-hybridized carbons (Fsp3) is 0.500. The highest BCUT2D eigenvalue weighted by Gasteiger charge is 2.40. The second-order valence-corrected chi connectivity index (χ2v) is 8.82. The Morgan fingerprint density at radius 2 is 1.88 bits per heavy atom. The van der Waals surface area contributed by atoms with Crippen LogP contribution >= 0.6 is 0 Å². The van der Waals surface area contributed by atoms with Gasteiger partial charge in [-0.15, -0.1) is 0 Å². The molecule has 8 nitrogen and oxygen atoms in total. The molecule has 1 aromatic heterocycles. The number of carbonyl (C=O) groups excluding carboxylic acids is 3. The molecular weight excluding hydrogens is 420 g/mol. The first-order valence-corrected chi connectivity index (χ1v) is 10.8. The molecule has 32 heavy (non-hydrogen) atoms. The van der Waals surface area contributed by atoms with Gasteiger partial charge in [0.2, 0.25) is 17.7 Å². The number of piperidine rings is 1. The van der Waals surface area contributed by atoms with Crippen LogP contribution in [0.3, 0.4) is 0 Å². The van der Waals surface area contributed by atoms with Crippen molar-refractivity contribution in [3.8, 4) is 11.4 Å². The number of hydrogen-bond donors (Lipinski definition) is 1. The number of carbonyl (C=O) groups is 3. The summed E-state index contributed by atoms with van der Waals surface area (Å²) < 4.78 is 28.7. The number of benzene rings is 1. The fourth-order valence-corrected chi connectivity index (χ4v) is 4.89. The van der Waals surface area contributed by atoms with Crippen LogP contribution in [0.5, 0.6) is 0 Å². The summed E-state index contributed by atoms with van der Waals surface area (Å²) in [4.78, 5) is 42.6. The van der Waals surface area contributed by atoms with E-state index in [0.29, 0.717) is 36.5 Å². The lowest BCUT2D eigenvalue weighted by molar-refractivity contribution is -0.136. The molecule has 168 valence electrons. The van der Waals surface area contributed by atoms with Gasteiger partial charge in [0.25, 0.3) is 5.91 Å². The number of halogens is 2. The molecule has 0 spiro atoms. The summed E-state index contributed by atoms with van der Waals surface area (Å²) in [6.45, 7) is 0.270. The van der Waals surface area contributed by atoms with Crippen molar-refractivity contribution >= 4 is 17.7 Å². The van der Waals surface area contributed by atoms with E-state index in [-0.39, 0.29) is 43.5 Å². The maximum atomic E-state index is 13.5. The summed E-state index contributed by atoms with van der Waals surface area (Å²) in [6, 6.07) is 4.64. The van der Waals surface area contributed by atoms with Crippen molar-refractivity contribution in [2.75, 3.05) is 0 Å². The van der Waals surface area contributed by atoms with E-state index in [1.165, 1.54) is 4.90 Å². The molecular formula is C22H23F2N5O3. The van der Waals surface area contributed by atoms with Gasteiger partial charge in [-0.2, -0.15) is 5.10 Å². The molecule has 0 radical (unpaired) electrons. The smallest absolute Gasteiger partial charge is 0.255 e.